The van der Waals surface area contributed by atoms with Gasteiger partial charge < -0.3 is 18.8 Å². The number of esters is 1. The number of nitrogens with zero attached hydrogens (tertiary/aromatic N) is 1. The molecule has 0 N–H and O–H groups in total. The number of hydrogen-bond acceptors (Lipinski definition) is 5. The summed E-state index contributed by atoms with van der Waals surface area (Å²) in [7, 11) is 3.25. The molecule has 0 unspecified atom stereocenters. The molecule has 1 heterocycles. The molecule has 0 radical (unpaired) electrons. The van der Waals surface area contributed by atoms with Crippen LogP contribution in [0.3, 0.4) is 0 Å². The average Bonchev–Trinajstić information content (AvgIpc) is 3.10. The maximum absolute atomic E-state index is 12.2. The Morgan fingerprint density at radius 1 is 1.08 bits per heavy atom. The molecule has 0 bridgehead atoms. The van der Waals surface area contributed by atoms with Gasteiger partial charge in [-0.25, -0.2) is 4.79 Å². The fraction of sp³-hybridized carbons (Fsp3) is 0.200. The van der Waals surface area contributed by atoms with Gasteiger partial charge in [-0.2, -0.15) is 0 Å². The number of hydrogen-bond donors (Lipinski definition) is 0. The predicted molar refractivity (Wildman–Crippen MR) is 96.0 cm³/mol. The molecule has 0 saturated heterocycles. The first kappa shape index (κ1) is 17.5. The Bertz CT molecular complexity index is 880. The van der Waals surface area contributed by atoms with Gasteiger partial charge in [-0.1, -0.05) is 30.3 Å². The molecule has 0 aliphatic rings. The topological polar surface area (TPSA) is 69.0 Å². The highest BCUT2D eigenvalue weighted by molar-refractivity contribution is 5.93. The summed E-state index contributed by atoms with van der Waals surface area (Å²) in [5.74, 6) is -0.128. The number of likely N-dealkylation sites (N-methyl/N-ethyl adjacent to an activating group) is 1. The summed E-state index contributed by atoms with van der Waals surface area (Å²) in [5.41, 5.74) is 1.55. The largest absolute Gasteiger partial charge is 0.497 e. The molecule has 6 nitrogen and oxygen atoms in total. The van der Waals surface area contributed by atoms with Crippen LogP contribution in [0.25, 0.3) is 11.0 Å². The van der Waals surface area contributed by atoms with E-state index in [0.717, 1.165) is 16.7 Å². The Balaban J connectivity index is 1.54. The Labute approximate surface area is 150 Å². The van der Waals surface area contributed by atoms with E-state index in [1.807, 2.05) is 42.5 Å². The minimum Gasteiger partial charge on any atom is -0.497 e. The number of para-hydroxylation sites is 1. The maximum Gasteiger partial charge on any atom is 0.374 e. The molecular formula is C20H19NO5. The monoisotopic (exact) mass is 353 g/mol. The van der Waals surface area contributed by atoms with E-state index >= 15 is 0 Å². The molecule has 0 spiro atoms. The van der Waals surface area contributed by atoms with Crippen molar-refractivity contribution in [2.24, 2.45) is 0 Å². The van der Waals surface area contributed by atoms with Crippen LogP contribution in [0.15, 0.2) is 59.0 Å². The first-order valence-corrected chi connectivity index (χ1v) is 8.09. The molecule has 0 atom stereocenters. The SMILES string of the molecule is COc1ccc(CN(C)C(=O)COC(=O)c2cc3ccccc3o2)cc1. The molecule has 0 aliphatic heterocycles. The minimum atomic E-state index is -0.660. The van der Waals surface area contributed by atoms with Gasteiger partial charge >= 0.3 is 5.97 Å². The Kier molecular flexibility index (Phi) is 5.22. The quantitative estimate of drug-likeness (QED) is 0.636. The first-order valence-electron chi connectivity index (χ1n) is 8.09. The van der Waals surface area contributed by atoms with E-state index in [1.54, 1.807) is 26.3 Å². The van der Waals surface area contributed by atoms with E-state index in [9.17, 15) is 9.59 Å². The zero-order valence-electron chi connectivity index (χ0n) is 14.6. The van der Waals surface area contributed by atoms with Crippen LogP contribution in [0.4, 0.5) is 0 Å². The van der Waals surface area contributed by atoms with Crippen LogP contribution in [-0.2, 0) is 16.1 Å². The molecule has 1 aromatic heterocycles. The summed E-state index contributed by atoms with van der Waals surface area (Å²) in [6.07, 6.45) is 0. The molecular weight excluding hydrogens is 334 g/mol. The number of carbonyl (C=O) groups excluding carboxylic acids is 2. The van der Waals surface area contributed by atoms with Crippen molar-refractivity contribution >= 4 is 22.8 Å². The lowest BCUT2D eigenvalue weighted by atomic mass is 10.2. The summed E-state index contributed by atoms with van der Waals surface area (Å²) >= 11 is 0. The fourth-order valence-electron chi connectivity index (χ4n) is 2.48. The summed E-state index contributed by atoms with van der Waals surface area (Å²) in [6.45, 7) is 0.0630. The van der Waals surface area contributed by atoms with E-state index in [4.69, 9.17) is 13.9 Å². The molecule has 3 aromatic rings. The van der Waals surface area contributed by atoms with E-state index in [2.05, 4.69) is 0 Å². The third-order valence-corrected chi connectivity index (χ3v) is 3.96. The number of ether oxygens (including phenoxy) is 2. The molecule has 0 saturated carbocycles. The first-order chi connectivity index (χ1) is 12.6. The van der Waals surface area contributed by atoms with Crippen molar-refractivity contribution in [2.75, 3.05) is 20.8 Å². The number of methoxy groups -OCH3 is 1. The minimum absolute atomic E-state index is 0.0804. The maximum atomic E-state index is 12.2. The Hall–Kier alpha value is -3.28. The van der Waals surface area contributed by atoms with Crippen molar-refractivity contribution in [3.63, 3.8) is 0 Å². The highest BCUT2D eigenvalue weighted by atomic mass is 16.5. The highest BCUT2D eigenvalue weighted by Crippen LogP contribution is 2.19. The van der Waals surface area contributed by atoms with Crippen molar-refractivity contribution in [3.8, 4) is 5.75 Å². The third kappa shape index (κ3) is 4.03. The third-order valence-electron chi connectivity index (χ3n) is 3.96. The number of amides is 1. The molecule has 1 amide bonds. The molecule has 0 fully saturated rings. The molecule has 3 rings (SSSR count). The van der Waals surface area contributed by atoms with Crippen LogP contribution < -0.4 is 4.74 Å². The molecule has 2 aromatic carbocycles. The second-order valence-electron chi connectivity index (χ2n) is 5.82. The van der Waals surface area contributed by atoms with Crippen molar-refractivity contribution in [2.45, 2.75) is 6.54 Å². The van der Waals surface area contributed by atoms with Crippen LogP contribution >= 0.6 is 0 Å². The zero-order valence-corrected chi connectivity index (χ0v) is 14.6. The van der Waals surface area contributed by atoms with E-state index < -0.39 is 5.97 Å². The Morgan fingerprint density at radius 3 is 2.50 bits per heavy atom. The normalized spacial score (nSPS) is 10.5. The van der Waals surface area contributed by atoms with E-state index in [0.29, 0.717) is 12.1 Å². The van der Waals surface area contributed by atoms with E-state index in [1.165, 1.54) is 4.90 Å². The summed E-state index contributed by atoms with van der Waals surface area (Å²) < 4.78 is 15.6. The number of fused-ring (bicyclic) bond motifs is 1. The Morgan fingerprint density at radius 2 is 1.81 bits per heavy atom. The number of rotatable bonds is 6. The van der Waals surface area contributed by atoms with Gasteiger partial charge in [-0.3, -0.25) is 4.79 Å². The van der Waals surface area contributed by atoms with Gasteiger partial charge in [0.05, 0.1) is 7.11 Å². The summed E-state index contributed by atoms with van der Waals surface area (Å²) in [6, 6.07) is 16.3. The lowest BCUT2D eigenvalue weighted by molar-refractivity contribution is -0.133. The predicted octanol–water partition coefficient (Wildman–Crippen LogP) is 3.26. The van der Waals surface area contributed by atoms with Gasteiger partial charge in [0, 0.05) is 19.0 Å². The highest BCUT2D eigenvalue weighted by Gasteiger charge is 2.17. The number of carbonyl (C=O) groups is 2. The van der Waals surface area contributed by atoms with Crippen LogP contribution in [0.2, 0.25) is 0 Å². The van der Waals surface area contributed by atoms with Gasteiger partial charge in [-0.05, 0) is 29.8 Å². The second kappa shape index (κ2) is 7.74. The van der Waals surface area contributed by atoms with Gasteiger partial charge in [0.1, 0.15) is 11.3 Å². The molecule has 6 heteroatoms. The van der Waals surface area contributed by atoms with Crippen molar-refractivity contribution in [3.05, 3.63) is 65.9 Å². The average molecular weight is 353 g/mol. The number of benzene rings is 2. The molecule has 26 heavy (non-hydrogen) atoms. The number of furan rings is 1. The molecule has 0 aliphatic carbocycles. The summed E-state index contributed by atoms with van der Waals surface area (Å²) in [4.78, 5) is 25.7. The summed E-state index contributed by atoms with van der Waals surface area (Å²) in [5, 5.41) is 0.808. The van der Waals surface area contributed by atoms with Gasteiger partial charge in [0.25, 0.3) is 5.91 Å². The zero-order chi connectivity index (χ0) is 18.5. The van der Waals surface area contributed by atoms with Gasteiger partial charge in [0.15, 0.2) is 6.61 Å². The van der Waals surface area contributed by atoms with Crippen LogP contribution in [-0.4, -0.2) is 37.5 Å². The lowest BCUT2D eigenvalue weighted by Gasteiger charge is -2.17. The van der Waals surface area contributed by atoms with E-state index in [-0.39, 0.29) is 18.3 Å². The molecule has 134 valence electrons. The van der Waals surface area contributed by atoms with Crippen molar-refractivity contribution in [1.29, 1.82) is 0 Å². The van der Waals surface area contributed by atoms with Crippen LogP contribution in [0.1, 0.15) is 16.1 Å². The lowest BCUT2D eigenvalue weighted by Crippen LogP contribution is -2.30. The fourth-order valence-corrected chi connectivity index (χ4v) is 2.48. The van der Waals surface area contributed by atoms with Crippen molar-refractivity contribution in [1.82, 2.24) is 4.90 Å². The van der Waals surface area contributed by atoms with Gasteiger partial charge in [0.2, 0.25) is 5.76 Å². The van der Waals surface area contributed by atoms with Gasteiger partial charge in [-0.15, -0.1) is 0 Å². The van der Waals surface area contributed by atoms with Crippen LogP contribution in [0.5, 0.6) is 5.75 Å². The standard InChI is InChI=1S/C20H19NO5/c1-21(12-14-7-9-16(24-2)10-8-14)19(22)13-25-20(23)18-11-15-5-3-4-6-17(15)26-18/h3-11H,12-13H2,1-2H3. The second-order valence-corrected chi connectivity index (χ2v) is 5.82. The van der Waals surface area contributed by atoms with Crippen molar-refractivity contribution < 1.29 is 23.5 Å². The van der Waals surface area contributed by atoms with Crippen LogP contribution in [0, 0.1) is 0 Å². The smallest absolute Gasteiger partial charge is 0.374 e.